The van der Waals surface area contributed by atoms with Crippen LogP contribution in [0.1, 0.15) is 6.42 Å². The lowest BCUT2D eigenvalue weighted by Gasteiger charge is -2.08. The average molecular weight is 228 g/mol. The molecule has 2 rings (SSSR count). The van der Waals surface area contributed by atoms with Crippen LogP contribution in [-0.4, -0.2) is 10.7 Å². The quantitative estimate of drug-likeness (QED) is 0.786. The van der Waals surface area contributed by atoms with E-state index in [1.807, 2.05) is 0 Å². The lowest BCUT2D eigenvalue weighted by atomic mass is 10.2. The van der Waals surface area contributed by atoms with Crippen LogP contribution in [0.2, 0.25) is 0 Å². The van der Waals surface area contributed by atoms with Crippen LogP contribution < -0.4 is 5.73 Å². The van der Waals surface area contributed by atoms with Gasteiger partial charge in [0.25, 0.3) is 0 Å². The van der Waals surface area contributed by atoms with Crippen LogP contribution in [0.4, 0.5) is 18.9 Å². The van der Waals surface area contributed by atoms with Crippen LogP contribution in [0.3, 0.4) is 0 Å². The summed E-state index contributed by atoms with van der Waals surface area (Å²) in [6, 6.07) is 7.00. The van der Waals surface area contributed by atoms with Crippen LogP contribution in [0.25, 0.3) is 10.9 Å². The number of hydrogen-bond donors (Lipinski definition) is 1. The van der Waals surface area contributed by atoms with Crippen molar-refractivity contribution in [3.05, 3.63) is 30.5 Å². The number of nitrogens with two attached hydrogens (primary N) is 1. The minimum Gasteiger partial charge on any atom is -0.399 e. The van der Waals surface area contributed by atoms with E-state index in [9.17, 15) is 13.2 Å². The van der Waals surface area contributed by atoms with E-state index in [-0.39, 0.29) is 6.54 Å². The van der Waals surface area contributed by atoms with Crippen LogP contribution in [0, 0.1) is 0 Å². The number of halogens is 3. The number of anilines is 1. The highest BCUT2D eigenvalue weighted by Gasteiger charge is 2.26. The summed E-state index contributed by atoms with van der Waals surface area (Å²) >= 11 is 0. The van der Waals surface area contributed by atoms with Crippen molar-refractivity contribution in [3.8, 4) is 0 Å². The monoisotopic (exact) mass is 228 g/mol. The second kappa shape index (κ2) is 3.73. The molecule has 1 aromatic carbocycles. The average Bonchev–Trinajstić information content (AvgIpc) is 2.56. The maximum Gasteiger partial charge on any atom is 0.390 e. The SMILES string of the molecule is Nc1ccc2ccn(CCC(F)(F)F)c2c1. The first-order chi connectivity index (χ1) is 7.46. The van der Waals surface area contributed by atoms with Crippen molar-refractivity contribution in [2.75, 3.05) is 5.73 Å². The zero-order valence-electron chi connectivity index (χ0n) is 8.46. The van der Waals surface area contributed by atoms with E-state index in [2.05, 4.69) is 0 Å². The Balaban J connectivity index is 2.28. The maximum absolute atomic E-state index is 12.1. The zero-order valence-corrected chi connectivity index (χ0v) is 8.46. The van der Waals surface area contributed by atoms with Gasteiger partial charge in [-0.1, -0.05) is 6.07 Å². The van der Waals surface area contributed by atoms with Gasteiger partial charge in [-0.25, -0.2) is 0 Å². The van der Waals surface area contributed by atoms with Gasteiger partial charge in [-0.3, -0.25) is 0 Å². The molecule has 5 heteroatoms. The number of rotatable bonds is 2. The summed E-state index contributed by atoms with van der Waals surface area (Å²) in [6.07, 6.45) is -3.31. The largest absolute Gasteiger partial charge is 0.399 e. The van der Waals surface area contributed by atoms with Crippen molar-refractivity contribution in [1.82, 2.24) is 4.57 Å². The van der Waals surface area contributed by atoms with Gasteiger partial charge in [-0.15, -0.1) is 0 Å². The normalized spacial score (nSPS) is 12.2. The molecule has 1 heterocycles. The Hall–Kier alpha value is -1.65. The number of alkyl halides is 3. The van der Waals surface area contributed by atoms with E-state index in [1.54, 1.807) is 35.0 Å². The second-order valence-electron chi connectivity index (χ2n) is 3.69. The van der Waals surface area contributed by atoms with Crippen molar-refractivity contribution >= 4 is 16.6 Å². The highest BCUT2D eigenvalue weighted by Crippen LogP contribution is 2.23. The lowest BCUT2D eigenvalue weighted by molar-refractivity contribution is -0.136. The van der Waals surface area contributed by atoms with Crippen LogP contribution >= 0.6 is 0 Å². The predicted octanol–water partition coefficient (Wildman–Crippen LogP) is 3.18. The van der Waals surface area contributed by atoms with Gasteiger partial charge in [0, 0.05) is 18.4 Å². The molecule has 0 aliphatic heterocycles. The first-order valence-electron chi connectivity index (χ1n) is 4.87. The zero-order chi connectivity index (χ0) is 11.8. The van der Waals surface area contributed by atoms with Crippen LogP contribution in [-0.2, 0) is 6.54 Å². The molecule has 16 heavy (non-hydrogen) atoms. The Bertz CT molecular complexity index is 499. The van der Waals surface area contributed by atoms with E-state index in [4.69, 9.17) is 5.73 Å². The first kappa shape index (κ1) is 10.9. The molecule has 2 aromatic rings. The van der Waals surface area contributed by atoms with Gasteiger partial charge in [-0.2, -0.15) is 13.2 Å². The molecule has 0 atom stereocenters. The standard InChI is InChI=1S/C11H11F3N2/c12-11(13,14)4-6-16-5-3-8-1-2-9(15)7-10(8)16/h1-3,5,7H,4,6,15H2. The van der Waals surface area contributed by atoms with Crippen molar-refractivity contribution in [2.24, 2.45) is 0 Å². The first-order valence-corrected chi connectivity index (χ1v) is 4.87. The maximum atomic E-state index is 12.1. The van der Waals surface area contributed by atoms with Gasteiger partial charge in [0.05, 0.1) is 11.9 Å². The van der Waals surface area contributed by atoms with Gasteiger partial charge >= 0.3 is 6.18 Å². The molecular formula is C11H11F3N2. The Kier molecular flexibility index (Phi) is 2.53. The van der Waals surface area contributed by atoms with E-state index in [0.717, 1.165) is 10.9 Å². The van der Waals surface area contributed by atoms with Crippen molar-refractivity contribution in [3.63, 3.8) is 0 Å². The molecule has 0 spiro atoms. The molecule has 0 unspecified atom stereocenters. The topological polar surface area (TPSA) is 30.9 Å². The van der Waals surface area contributed by atoms with Crippen LogP contribution in [0.5, 0.6) is 0 Å². The number of nitrogen functional groups attached to an aromatic ring is 1. The number of aromatic nitrogens is 1. The number of aryl methyl sites for hydroxylation is 1. The molecule has 0 bridgehead atoms. The van der Waals surface area contributed by atoms with E-state index < -0.39 is 12.6 Å². The number of nitrogens with zero attached hydrogens (tertiary/aromatic N) is 1. The lowest BCUT2D eigenvalue weighted by Crippen LogP contribution is -2.11. The van der Waals surface area contributed by atoms with Gasteiger partial charge in [0.2, 0.25) is 0 Å². The van der Waals surface area contributed by atoms with Gasteiger partial charge in [0.1, 0.15) is 0 Å². The van der Waals surface area contributed by atoms with Crippen molar-refractivity contribution in [2.45, 2.75) is 19.1 Å². The molecule has 0 saturated carbocycles. The third-order valence-electron chi connectivity index (χ3n) is 2.43. The molecule has 0 radical (unpaired) electrons. The Morgan fingerprint density at radius 3 is 2.62 bits per heavy atom. The molecule has 86 valence electrons. The number of hydrogen-bond acceptors (Lipinski definition) is 1. The molecule has 0 fully saturated rings. The summed E-state index contributed by atoms with van der Waals surface area (Å²) in [5, 5.41) is 0.899. The smallest absolute Gasteiger partial charge is 0.390 e. The van der Waals surface area contributed by atoms with Crippen molar-refractivity contribution in [1.29, 1.82) is 0 Å². The van der Waals surface area contributed by atoms with Crippen molar-refractivity contribution < 1.29 is 13.2 Å². The predicted molar refractivity (Wildman–Crippen MR) is 57.0 cm³/mol. The fourth-order valence-corrected chi connectivity index (χ4v) is 1.64. The Morgan fingerprint density at radius 2 is 1.94 bits per heavy atom. The Labute approximate surface area is 90.5 Å². The number of benzene rings is 1. The molecule has 2 nitrogen and oxygen atoms in total. The number of fused-ring (bicyclic) bond motifs is 1. The Morgan fingerprint density at radius 1 is 1.19 bits per heavy atom. The van der Waals surface area contributed by atoms with E-state index in [0.29, 0.717) is 5.69 Å². The van der Waals surface area contributed by atoms with Gasteiger partial charge < -0.3 is 10.3 Å². The molecule has 1 aromatic heterocycles. The summed E-state index contributed by atoms with van der Waals surface area (Å²) in [6.45, 7) is -0.0730. The molecule has 0 aliphatic carbocycles. The molecule has 0 aliphatic rings. The molecule has 0 amide bonds. The highest BCUT2D eigenvalue weighted by molar-refractivity contribution is 5.83. The van der Waals surface area contributed by atoms with Gasteiger partial charge in [-0.05, 0) is 23.6 Å². The molecule has 0 saturated heterocycles. The highest BCUT2D eigenvalue weighted by atomic mass is 19.4. The summed E-state index contributed by atoms with van der Waals surface area (Å²) < 4.78 is 37.8. The molecule has 2 N–H and O–H groups in total. The molecular weight excluding hydrogens is 217 g/mol. The summed E-state index contributed by atoms with van der Waals surface area (Å²) in [7, 11) is 0. The fourth-order valence-electron chi connectivity index (χ4n) is 1.64. The summed E-state index contributed by atoms with van der Waals surface area (Å²) in [5.41, 5.74) is 6.89. The fraction of sp³-hybridized carbons (Fsp3) is 0.273. The van der Waals surface area contributed by atoms with E-state index >= 15 is 0 Å². The van der Waals surface area contributed by atoms with Gasteiger partial charge in [0.15, 0.2) is 0 Å². The minimum atomic E-state index is -4.13. The third kappa shape index (κ3) is 2.29. The van der Waals surface area contributed by atoms with E-state index in [1.165, 1.54) is 0 Å². The van der Waals surface area contributed by atoms with Crippen LogP contribution in [0.15, 0.2) is 30.5 Å². The minimum absolute atomic E-state index is 0.0730. The third-order valence-corrected chi connectivity index (χ3v) is 2.43. The summed E-state index contributed by atoms with van der Waals surface area (Å²) in [4.78, 5) is 0. The second-order valence-corrected chi connectivity index (χ2v) is 3.69. The summed E-state index contributed by atoms with van der Waals surface area (Å²) in [5.74, 6) is 0.